The Hall–Kier alpha value is -3.00. The number of thiazole rings is 1. The van der Waals surface area contributed by atoms with Crippen molar-refractivity contribution in [2.75, 3.05) is 0 Å². The van der Waals surface area contributed by atoms with Crippen LogP contribution in [0, 0.1) is 5.92 Å². The highest BCUT2D eigenvalue weighted by Crippen LogP contribution is 2.27. The molecule has 1 amide bonds. The third-order valence-electron chi connectivity index (χ3n) is 4.74. The van der Waals surface area contributed by atoms with E-state index in [4.69, 9.17) is 0 Å². The van der Waals surface area contributed by atoms with Gasteiger partial charge in [0.05, 0.1) is 17.8 Å². The van der Waals surface area contributed by atoms with Crippen LogP contribution in [0.1, 0.15) is 29.8 Å². The zero-order valence-electron chi connectivity index (χ0n) is 14.4. The molecule has 0 aliphatic heterocycles. The van der Waals surface area contributed by atoms with Gasteiger partial charge in [0.2, 0.25) is 0 Å². The number of aliphatic carboxylic acids is 1. The molecule has 2 atom stereocenters. The standard InChI is InChI=1S/C19H18N4O3S/c24-17(21-15-8-4-7-14(15)19(25)26)16-11-27-18(22-16)12-9-20-23(10-12)13-5-2-1-3-6-13/h1-3,5-6,9-11,14-15H,4,7-8H2,(H,21,24)(H,25,26)/t14-,15+/m1/s1. The molecule has 7 nitrogen and oxygen atoms in total. The van der Waals surface area contributed by atoms with Crippen molar-refractivity contribution < 1.29 is 14.7 Å². The van der Waals surface area contributed by atoms with Crippen molar-refractivity contribution in [1.29, 1.82) is 0 Å². The highest BCUT2D eigenvalue weighted by Gasteiger charge is 2.34. The second-order valence-corrected chi connectivity index (χ2v) is 7.36. The molecule has 4 rings (SSSR count). The lowest BCUT2D eigenvalue weighted by atomic mass is 10.0. The maximum atomic E-state index is 12.5. The minimum atomic E-state index is -0.856. The van der Waals surface area contributed by atoms with Gasteiger partial charge in [-0.3, -0.25) is 9.59 Å². The number of hydrogen-bond acceptors (Lipinski definition) is 5. The number of nitrogens with one attached hydrogen (secondary N) is 1. The first kappa shape index (κ1) is 17.4. The highest BCUT2D eigenvalue weighted by atomic mass is 32.1. The molecule has 1 fully saturated rings. The molecule has 0 bridgehead atoms. The van der Waals surface area contributed by atoms with Gasteiger partial charge in [0.1, 0.15) is 10.7 Å². The molecule has 2 heterocycles. The fourth-order valence-electron chi connectivity index (χ4n) is 3.34. The Morgan fingerprint density at radius 3 is 2.81 bits per heavy atom. The Morgan fingerprint density at radius 2 is 2.04 bits per heavy atom. The summed E-state index contributed by atoms with van der Waals surface area (Å²) in [5.41, 5.74) is 2.07. The molecule has 138 valence electrons. The summed E-state index contributed by atoms with van der Waals surface area (Å²) in [4.78, 5) is 28.1. The number of carbonyl (C=O) groups is 2. The summed E-state index contributed by atoms with van der Waals surface area (Å²) in [6.07, 6.45) is 5.67. The number of carboxylic acids is 1. The number of para-hydroxylation sites is 1. The van der Waals surface area contributed by atoms with Crippen molar-refractivity contribution in [3.05, 3.63) is 53.8 Å². The number of amides is 1. The van der Waals surface area contributed by atoms with Gasteiger partial charge in [-0.15, -0.1) is 11.3 Å². The van der Waals surface area contributed by atoms with Crippen molar-refractivity contribution in [2.45, 2.75) is 25.3 Å². The number of carbonyl (C=O) groups excluding carboxylic acids is 1. The number of hydrogen-bond donors (Lipinski definition) is 2. The zero-order valence-corrected chi connectivity index (χ0v) is 15.2. The molecule has 0 spiro atoms. The topological polar surface area (TPSA) is 97.1 Å². The third-order valence-corrected chi connectivity index (χ3v) is 5.63. The molecule has 8 heteroatoms. The first-order valence-corrected chi connectivity index (χ1v) is 9.59. The Morgan fingerprint density at radius 1 is 1.22 bits per heavy atom. The van der Waals surface area contributed by atoms with Crippen molar-refractivity contribution in [1.82, 2.24) is 20.1 Å². The minimum absolute atomic E-state index is 0.304. The van der Waals surface area contributed by atoms with E-state index in [1.54, 1.807) is 16.3 Å². The summed E-state index contributed by atoms with van der Waals surface area (Å²) in [5.74, 6) is -1.70. The summed E-state index contributed by atoms with van der Waals surface area (Å²) in [6, 6.07) is 9.40. The predicted octanol–water partition coefficient (Wildman–Crippen LogP) is 2.98. The molecule has 0 unspecified atom stereocenters. The molecule has 2 N–H and O–H groups in total. The van der Waals surface area contributed by atoms with Gasteiger partial charge in [0.15, 0.2) is 0 Å². The second kappa shape index (κ2) is 7.32. The number of aromatic nitrogens is 3. The van der Waals surface area contributed by atoms with E-state index in [0.29, 0.717) is 23.5 Å². The van der Waals surface area contributed by atoms with E-state index in [-0.39, 0.29) is 11.9 Å². The van der Waals surface area contributed by atoms with Gasteiger partial charge >= 0.3 is 5.97 Å². The van der Waals surface area contributed by atoms with Gasteiger partial charge < -0.3 is 10.4 Å². The van der Waals surface area contributed by atoms with Crippen LogP contribution in [0.2, 0.25) is 0 Å². The van der Waals surface area contributed by atoms with Crippen molar-refractivity contribution >= 4 is 23.2 Å². The number of nitrogens with zero attached hydrogens (tertiary/aromatic N) is 3. The smallest absolute Gasteiger partial charge is 0.308 e. The third kappa shape index (κ3) is 3.61. The Bertz CT molecular complexity index is 966. The molecular weight excluding hydrogens is 364 g/mol. The average Bonchev–Trinajstić information content (AvgIpc) is 3.42. The van der Waals surface area contributed by atoms with E-state index in [2.05, 4.69) is 15.4 Å². The maximum absolute atomic E-state index is 12.5. The van der Waals surface area contributed by atoms with E-state index in [0.717, 1.165) is 17.7 Å². The summed E-state index contributed by atoms with van der Waals surface area (Å²) >= 11 is 1.36. The fraction of sp³-hybridized carbons (Fsp3) is 0.263. The molecule has 0 saturated heterocycles. The molecule has 1 aromatic carbocycles. The molecule has 3 aromatic rings. The van der Waals surface area contributed by atoms with Crippen molar-refractivity contribution in [3.8, 4) is 16.3 Å². The molecule has 1 saturated carbocycles. The monoisotopic (exact) mass is 382 g/mol. The van der Waals surface area contributed by atoms with Gasteiger partial charge in [-0.05, 0) is 25.0 Å². The van der Waals surface area contributed by atoms with Crippen LogP contribution >= 0.6 is 11.3 Å². The van der Waals surface area contributed by atoms with Crippen LogP contribution in [0.5, 0.6) is 0 Å². The van der Waals surface area contributed by atoms with Gasteiger partial charge in [-0.2, -0.15) is 5.10 Å². The average molecular weight is 382 g/mol. The fourth-order valence-corrected chi connectivity index (χ4v) is 4.11. The first-order valence-electron chi connectivity index (χ1n) is 8.71. The molecule has 1 aliphatic carbocycles. The van der Waals surface area contributed by atoms with E-state index in [9.17, 15) is 14.7 Å². The van der Waals surface area contributed by atoms with Crippen LogP contribution in [0.4, 0.5) is 0 Å². The van der Waals surface area contributed by atoms with Crippen LogP contribution in [0.25, 0.3) is 16.3 Å². The first-order chi connectivity index (χ1) is 13.1. The normalized spacial score (nSPS) is 19.1. The summed E-state index contributed by atoms with van der Waals surface area (Å²) in [7, 11) is 0. The molecule has 27 heavy (non-hydrogen) atoms. The highest BCUT2D eigenvalue weighted by molar-refractivity contribution is 7.13. The number of rotatable bonds is 5. The minimum Gasteiger partial charge on any atom is -0.481 e. The van der Waals surface area contributed by atoms with Gasteiger partial charge in [-0.25, -0.2) is 9.67 Å². The van der Waals surface area contributed by atoms with E-state index in [1.165, 1.54) is 11.3 Å². The lowest BCUT2D eigenvalue weighted by Gasteiger charge is -2.16. The number of carboxylic acid groups (broad SMARTS) is 1. The number of benzene rings is 1. The van der Waals surface area contributed by atoms with Gasteiger partial charge in [-0.1, -0.05) is 24.6 Å². The Balaban J connectivity index is 1.48. The Kier molecular flexibility index (Phi) is 4.72. The maximum Gasteiger partial charge on any atom is 0.308 e. The zero-order chi connectivity index (χ0) is 18.8. The molecule has 2 aromatic heterocycles. The largest absolute Gasteiger partial charge is 0.481 e. The van der Waals surface area contributed by atoms with Crippen LogP contribution in [-0.4, -0.2) is 37.8 Å². The van der Waals surface area contributed by atoms with Crippen LogP contribution in [-0.2, 0) is 4.79 Å². The van der Waals surface area contributed by atoms with E-state index in [1.807, 2.05) is 36.5 Å². The second-order valence-electron chi connectivity index (χ2n) is 6.50. The predicted molar refractivity (Wildman–Crippen MR) is 101 cm³/mol. The van der Waals surface area contributed by atoms with Gasteiger partial charge in [0, 0.05) is 23.2 Å². The summed E-state index contributed by atoms with van der Waals surface area (Å²) < 4.78 is 1.76. The quantitative estimate of drug-likeness (QED) is 0.707. The van der Waals surface area contributed by atoms with Gasteiger partial charge in [0.25, 0.3) is 5.91 Å². The Labute approximate surface area is 159 Å². The molecule has 0 radical (unpaired) electrons. The summed E-state index contributed by atoms with van der Waals surface area (Å²) in [5, 5.41) is 18.8. The van der Waals surface area contributed by atoms with E-state index < -0.39 is 11.9 Å². The SMILES string of the molecule is O=C(N[C@H]1CCC[C@H]1C(=O)O)c1csc(-c2cnn(-c3ccccc3)c2)n1. The lowest BCUT2D eigenvalue weighted by Crippen LogP contribution is -2.40. The van der Waals surface area contributed by atoms with E-state index >= 15 is 0 Å². The van der Waals surface area contributed by atoms with Crippen LogP contribution < -0.4 is 5.32 Å². The molecule has 1 aliphatic rings. The lowest BCUT2D eigenvalue weighted by molar-refractivity contribution is -0.142. The molecular formula is C19H18N4O3S. The van der Waals surface area contributed by atoms with Crippen molar-refractivity contribution in [3.63, 3.8) is 0 Å². The van der Waals surface area contributed by atoms with Crippen molar-refractivity contribution in [2.24, 2.45) is 5.92 Å². The van der Waals surface area contributed by atoms with Crippen LogP contribution in [0.3, 0.4) is 0 Å². The van der Waals surface area contributed by atoms with Crippen LogP contribution in [0.15, 0.2) is 48.1 Å². The summed E-state index contributed by atoms with van der Waals surface area (Å²) in [6.45, 7) is 0.